The maximum Gasteiger partial charge on any atom is 0.228 e. The van der Waals surface area contributed by atoms with E-state index in [1.165, 1.54) is 18.3 Å². The summed E-state index contributed by atoms with van der Waals surface area (Å²) in [5, 5.41) is 4.87. The number of Topliss-reactive ketones (excluding diaryl/α,β-unsaturated/α-hetero) is 1. The molecule has 1 rings (SSSR count). The Morgan fingerprint density at radius 3 is 2.75 bits per heavy atom. The number of carbonyl (C=O) groups excluding carboxylic acids is 2. The topological polar surface area (TPSA) is 59.1 Å². The van der Waals surface area contributed by atoms with Gasteiger partial charge in [0, 0.05) is 18.2 Å². The van der Waals surface area contributed by atoms with Crippen LogP contribution < -0.4 is 5.32 Å². The fourth-order valence-corrected chi connectivity index (χ4v) is 2.04. The van der Waals surface area contributed by atoms with Gasteiger partial charge >= 0.3 is 0 Å². The monoisotopic (exact) mass is 240 g/mol. The molecule has 1 atom stereocenters. The quantitative estimate of drug-likeness (QED) is 0.805. The lowest BCUT2D eigenvalue weighted by Crippen LogP contribution is -2.20. The molecule has 1 aromatic heterocycles. The third kappa shape index (κ3) is 3.41. The standard InChI is InChI=1S/C11H16N2O2S/c1-4-5-7(2)10(15)13-11-12-9(6-16-11)8(3)14/h6-7H,4-5H2,1-3H3,(H,12,13,15). The molecule has 0 aliphatic carbocycles. The minimum atomic E-state index is -0.0849. The number of rotatable bonds is 5. The van der Waals surface area contributed by atoms with Gasteiger partial charge in [-0.15, -0.1) is 11.3 Å². The molecule has 0 saturated carbocycles. The van der Waals surface area contributed by atoms with Gasteiger partial charge in [-0.25, -0.2) is 4.98 Å². The molecule has 0 radical (unpaired) electrons. The molecule has 1 aromatic rings. The molecule has 88 valence electrons. The number of anilines is 1. The second kappa shape index (κ2) is 5.75. The zero-order valence-electron chi connectivity index (χ0n) is 9.74. The lowest BCUT2D eigenvalue weighted by Gasteiger charge is -2.08. The van der Waals surface area contributed by atoms with Gasteiger partial charge in [0.25, 0.3) is 0 Å². The number of aromatic nitrogens is 1. The fourth-order valence-electron chi connectivity index (χ4n) is 1.29. The summed E-state index contributed by atoms with van der Waals surface area (Å²) in [4.78, 5) is 26.7. The second-order valence-electron chi connectivity index (χ2n) is 3.77. The van der Waals surface area contributed by atoms with Crippen LogP contribution in [0.15, 0.2) is 5.38 Å². The van der Waals surface area contributed by atoms with Gasteiger partial charge in [-0.05, 0) is 6.42 Å². The van der Waals surface area contributed by atoms with E-state index >= 15 is 0 Å². The molecule has 0 aliphatic rings. The lowest BCUT2D eigenvalue weighted by molar-refractivity contribution is -0.119. The smallest absolute Gasteiger partial charge is 0.228 e. The predicted molar refractivity (Wildman–Crippen MR) is 64.8 cm³/mol. The third-order valence-electron chi connectivity index (χ3n) is 2.26. The van der Waals surface area contributed by atoms with Gasteiger partial charge < -0.3 is 5.32 Å². The van der Waals surface area contributed by atoms with Crippen molar-refractivity contribution in [1.82, 2.24) is 4.98 Å². The van der Waals surface area contributed by atoms with Crippen LogP contribution in [0.3, 0.4) is 0 Å². The predicted octanol–water partition coefficient (Wildman–Crippen LogP) is 2.72. The van der Waals surface area contributed by atoms with Crippen LogP contribution in [0.2, 0.25) is 0 Å². The highest BCUT2D eigenvalue weighted by molar-refractivity contribution is 7.14. The van der Waals surface area contributed by atoms with E-state index in [9.17, 15) is 9.59 Å². The summed E-state index contributed by atoms with van der Waals surface area (Å²) in [6.07, 6.45) is 1.84. The highest BCUT2D eigenvalue weighted by Crippen LogP contribution is 2.17. The van der Waals surface area contributed by atoms with E-state index in [0.717, 1.165) is 12.8 Å². The van der Waals surface area contributed by atoms with Gasteiger partial charge in [-0.2, -0.15) is 0 Å². The Hall–Kier alpha value is -1.23. The van der Waals surface area contributed by atoms with Gasteiger partial charge in [0.1, 0.15) is 5.69 Å². The molecule has 0 aromatic carbocycles. The van der Waals surface area contributed by atoms with Crippen LogP contribution in [0.25, 0.3) is 0 Å². The molecule has 16 heavy (non-hydrogen) atoms. The van der Waals surface area contributed by atoms with Crippen molar-refractivity contribution in [2.75, 3.05) is 5.32 Å². The molecule has 0 aliphatic heterocycles. The van der Waals surface area contributed by atoms with Crippen molar-refractivity contribution < 1.29 is 9.59 Å². The Kier molecular flexibility index (Phi) is 4.61. The summed E-state index contributed by atoms with van der Waals surface area (Å²) in [7, 11) is 0. The first-order valence-electron chi connectivity index (χ1n) is 5.32. The van der Waals surface area contributed by atoms with Crippen LogP contribution in [-0.4, -0.2) is 16.7 Å². The van der Waals surface area contributed by atoms with Crippen LogP contribution in [-0.2, 0) is 4.79 Å². The largest absolute Gasteiger partial charge is 0.302 e. The van der Waals surface area contributed by atoms with Crippen LogP contribution >= 0.6 is 11.3 Å². The Bertz CT molecular complexity index is 387. The normalized spacial score (nSPS) is 12.2. The molecule has 0 fully saturated rings. The SMILES string of the molecule is CCCC(C)C(=O)Nc1nc(C(C)=O)cs1. The molecule has 0 saturated heterocycles. The number of nitrogens with zero attached hydrogens (tertiary/aromatic N) is 1. The number of ketones is 1. The molecular formula is C11H16N2O2S. The van der Waals surface area contributed by atoms with Gasteiger partial charge in [0.15, 0.2) is 10.9 Å². The van der Waals surface area contributed by atoms with Gasteiger partial charge in [0.05, 0.1) is 0 Å². The number of carbonyl (C=O) groups is 2. The van der Waals surface area contributed by atoms with Crippen molar-refractivity contribution in [3.63, 3.8) is 0 Å². The average molecular weight is 240 g/mol. The van der Waals surface area contributed by atoms with Crippen LogP contribution in [0.4, 0.5) is 5.13 Å². The zero-order valence-corrected chi connectivity index (χ0v) is 10.6. The molecule has 1 N–H and O–H groups in total. The first-order chi connectivity index (χ1) is 7.54. The van der Waals surface area contributed by atoms with E-state index in [2.05, 4.69) is 10.3 Å². The number of thiazole rings is 1. The zero-order chi connectivity index (χ0) is 12.1. The highest BCUT2D eigenvalue weighted by Gasteiger charge is 2.14. The molecule has 5 heteroatoms. The summed E-state index contributed by atoms with van der Waals surface area (Å²) >= 11 is 1.28. The summed E-state index contributed by atoms with van der Waals surface area (Å²) < 4.78 is 0. The molecule has 1 amide bonds. The Labute approximate surface area is 99.1 Å². The first kappa shape index (κ1) is 12.8. The van der Waals surface area contributed by atoms with E-state index < -0.39 is 0 Å². The Balaban J connectivity index is 2.59. The van der Waals surface area contributed by atoms with Crippen molar-refractivity contribution >= 4 is 28.2 Å². The lowest BCUT2D eigenvalue weighted by atomic mass is 10.1. The van der Waals surface area contributed by atoms with Crippen molar-refractivity contribution in [3.05, 3.63) is 11.1 Å². The molecule has 1 heterocycles. The van der Waals surface area contributed by atoms with Gasteiger partial charge in [0.2, 0.25) is 5.91 Å². The molecule has 0 bridgehead atoms. The van der Waals surface area contributed by atoms with Crippen LogP contribution in [0, 0.1) is 5.92 Å². The summed E-state index contributed by atoms with van der Waals surface area (Å²) in [5.74, 6) is -0.140. The van der Waals surface area contributed by atoms with Crippen molar-refractivity contribution in [2.45, 2.75) is 33.6 Å². The maximum atomic E-state index is 11.7. The van der Waals surface area contributed by atoms with Gasteiger partial charge in [-0.1, -0.05) is 20.3 Å². The second-order valence-corrected chi connectivity index (χ2v) is 4.63. The first-order valence-corrected chi connectivity index (χ1v) is 6.19. The van der Waals surface area contributed by atoms with Crippen molar-refractivity contribution in [3.8, 4) is 0 Å². The average Bonchev–Trinajstić information content (AvgIpc) is 2.66. The molecule has 4 nitrogen and oxygen atoms in total. The molecule has 1 unspecified atom stereocenters. The number of hydrogen-bond donors (Lipinski definition) is 1. The number of hydrogen-bond acceptors (Lipinski definition) is 4. The summed E-state index contributed by atoms with van der Waals surface area (Å²) in [5.41, 5.74) is 0.406. The molecule has 0 spiro atoms. The van der Waals surface area contributed by atoms with E-state index in [0.29, 0.717) is 10.8 Å². The minimum Gasteiger partial charge on any atom is -0.302 e. The van der Waals surface area contributed by atoms with Crippen LogP contribution in [0.1, 0.15) is 44.1 Å². The van der Waals surface area contributed by atoms with E-state index in [4.69, 9.17) is 0 Å². The summed E-state index contributed by atoms with van der Waals surface area (Å²) in [6.45, 7) is 5.39. The van der Waals surface area contributed by atoms with Gasteiger partial charge in [-0.3, -0.25) is 9.59 Å². The van der Waals surface area contributed by atoms with E-state index in [1.807, 2.05) is 13.8 Å². The summed E-state index contributed by atoms with van der Waals surface area (Å²) in [6, 6.07) is 0. The van der Waals surface area contributed by atoms with Crippen molar-refractivity contribution in [1.29, 1.82) is 0 Å². The van der Waals surface area contributed by atoms with E-state index in [-0.39, 0.29) is 17.6 Å². The maximum absolute atomic E-state index is 11.7. The number of amides is 1. The highest BCUT2D eigenvalue weighted by atomic mass is 32.1. The Morgan fingerprint density at radius 2 is 2.25 bits per heavy atom. The fraction of sp³-hybridized carbons (Fsp3) is 0.545. The Morgan fingerprint density at radius 1 is 1.56 bits per heavy atom. The molecular weight excluding hydrogens is 224 g/mol. The van der Waals surface area contributed by atoms with Crippen LogP contribution in [0.5, 0.6) is 0 Å². The number of nitrogens with one attached hydrogen (secondary N) is 1. The minimum absolute atomic E-state index is 0.0188. The van der Waals surface area contributed by atoms with E-state index in [1.54, 1.807) is 5.38 Å². The van der Waals surface area contributed by atoms with Crippen molar-refractivity contribution in [2.24, 2.45) is 5.92 Å². The third-order valence-corrected chi connectivity index (χ3v) is 3.02.